The summed E-state index contributed by atoms with van der Waals surface area (Å²) in [6, 6.07) is 0. The number of carboxylic acid groups (broad SMARTS) is 2. The van der Waals surface area contributed by atoms with Crippen molar-refractivity contribution in [2.45, 2.75) is 25.2 Å². The van der Waals surface area contributed by atoms with Crippen LogP contribution in [0.1, 0.15) is 12.8 Å². The summed E-state index contributed by atoms with van der Waals surface area (Å²) in [6.07, 6.45) is -6.98. The molecule has 2 amide bonds. The Labute approximate surface area is 204 Å². The van der Waals surface area contributed by atoms with Crippen LogP contribution in [0.2, 0.25) is 0 Å². The topological polar surface area (TPSA) is 133 Å². The molecule has 37 heavy (non-hydrogen) atoms. The number of halogens is 6. The van der Waals surface area contributed by atoms with Gasteiger partial charge in [0.15, 0.2) is 0 Å². The molecule has 0 radical (unpaired) electrons. The number of aliphatic imine (C=N–C) groups is 2. The number of nitrogens with zero attached hydrogens (tertiary/aromatic N) is 2. The third-order valence-corrected chi connectivity index (χ3v) is 4.93. The van der Waals surface area contributed by atoms with Crippen molar-refractivity contribution in [2.75, 3.05) is 0 Å². The first-order valence-corrected chi connectivity index (χ1v) is 10.0. The third kappa shape index (κ3) is 6.86. The Balaban J connectivity index is 2.47. The Morgan fingerprint density at radius 1 is 0.649 bits per heavy atom. The predicted molar refractivity (Wildman–Crippen MR) is 117 cm³/mol. The van der Waals surface area contributed by atoms with Crippen molar-refractivity contribution < 1.29 is 55.7 Å². The van der Waals surface area contributed by atoms with Crippen molar-refractivity contribution >= 4 is 35.2 Å². The number of rotatable bonds is 6. The minimum atomic E-state index is -5.87. The first-order valence-electron chi connectivity index (χ1n) is 10.0. The van der Waals surface area contributed by atoms with Gasteiger partial charge in [0.05, 0.1) is 0 Å². The van der Waals surface area contributed by atoms with Crippen LogP contribution >= 0.6 is 0 Å². The highest BCUT2D eigenvalue weighted by molar-refractivity contribution is 6.09. The van der Waals surface area contributed by atoms with E-state index in [-0.39, 0.29) is 11.4 Å². The summed E-state index contributed by atoms with van der Waals surface area (Å²) in [6.45, 7) is 0. The second-order valence-corrected chi connectivity index (χ2v) is 7.37. The number of carboxylic acids is 2. The molecule has 0 heterocycles. The van der Waals surface area contributed by atoms with Gasteiger partial charge in [0, 0.05) is 48.6 Å². The van der Waals surface area contributed by atoms with Crippen LogP contribution < -0.4 is 0 Å². The Morgan fingerprint density at radius 3 is 1.24 bits per heavy atom. The van der Waals surface area contributed by atoms with E-state index in [1.807, 2.05) is 0 Å². The van der Waals surface area contributed by atoms with E-state index in [0.29, 0.717) is 48.6 Å². The highest BCUT2D eigenvalue weighted by Crippen LogP contribution is 2.60. The first-order chi connectivity index (χ1) is 17.1. The zero-order valence-corrected chi connectivity index (χ0v) is 18.4. The molecule has 8 nitrogen and oxygen atoms in total. The summed E-state index contributed by atoms with van der Waals surface area (Å²) in [5.74, 6) is -5.07. The molecular weight excluding hydrogens is 514 g/mol. The van der Waals surface area contributed by atoms with Crippen LogP contribution in [0.25, 0.3) is 0 Å². The Bertz CT molecular complexity index is 1150. The van der Waals surface area contributed by atoms with Gasteiger partial charge in [-0.3, -0.25) is 9.59 Å². The van der Waals surface area contributed by atoms with Crippen LogP contribution in [-0.2, 0) is 19.2 Å². The zero-order valence-electron chi connectivity index (χ0n) is 18.4. The van der Waals surface area contributed by atoms with E-state index < -0.39 is 65.5 Å². The molecule has 196 valence electrons. The average Bonchev–Trinajstić information content (AvgIpc) is 2.77. The van der Waals surface area contributed by atoms with Crippen molar-refractivity contribution in [1.82, 2.24) is 0 Å². The molecule has 2 aliphatic rings. The van der Waals surface area contributed by atoms with E-state index in [1.165, 1.54) is 0 Å². The van der Waals surface area contributed by atoms with Gasteiger partial charge < -0.3 is 10.2 Å². The Hall–Kier alpha value is -4.36. The molecule has 0 unspecified atom stereocenters. The van der Waals surface area contributed by atoms with Gasteiger partial charge >= 0.3 is 24.3 Å². The number of aliphatic carboxylic acids is 2. The van der Waals surface area contributed by atoms with Crippen molar-refractivity contribution in [1.29, 1.82) is 0 Å². The second kappa shape index (κ2) is 11.1. The molecule has 0 saturated heterocycles. The molecule has 2 rings (SSSR count). The summed E-state index contributed by atoms with van der Waals surface area (Å²) >= 11 is 0. The lowest BCUT2D eigenvalue weighted by Gasteiger charge is -2.40. The van der Waals surface area contributed by atoms with E-state index in [9.17, 15) is 45.5 Å². The highest BCUT2D eigenvalue weighted by Gasteiger charge is 2.73. The van der Waals surface area contributed by atoms with Crippen molar-refractivity contribution in [3.8, 4) is 0 Å². The summed E-state index contributed by atoms with van der Waals surface area (Å²) in [4.78, 5) is 50.9. The maximum Gasteiger partial charge on any atom is 0.411 e. The molecule has 0 atom stereocenters. The lowest BCUT2D eigenvalue weighted by atomic mass is 9.69. The molecule has 2 aliphatic carbocycles. The van der Waals surface area contributed by atoms with Gasteiger partial charge in [-0.1, -0.05) is 24.3 Å². The maximum atomic E-state index is 14.2. The molecule has 0 fully saturated rings. The first kappa shape index (κ1) is 28.9. The van der Waals surface area contributed by atoms with Crippen molar-refractivity contribution in [2.24, 2.45) is 15.4 Å². The number of alkyl halides is 6. The van der Waals surface area contributed by atoms with Crippen LogP contribution in [-0.4, -0.2) is 57.7 Å². The molecule has 0 aromatic heterocycles. The molecule has 0 aromatic rings. The molecule has 2 N–H and O–H groups in total. The highest BCUT2D eigenvalue weighted by atomic mass is 19.4. The summed E-state index contributed by atoms with van der Waals surface area (Å²) in [7, 11) is 0. The normalized spacial score (nSPS) is 19.0. The number of carbonyl (C=O) groups excluding carboxylic acids is 2. The smallest absolute Gasteiger partial charge is 0.411 e. The van der Waals surface area contributed by atoms with Gasteiger partial charge in [0.25, 0.3) is 11.8 Å². The standard InChI is InChI=1S/C23H16F6N2O6/c24-22(25,26)21(23(27,28)29,13-1-5-15(6-2-13)30-17(32)9-11-19(34)35)14-3-7-16(8-4-14)31-18(33)10-12-20(36)37/h1-5,7,9-12H,6,8H2,(H,34,35)(H,36,37). The second-order valence-electron chi connectivity index (χ2n) is 7.37. The van der Waals surface area contributed by atoms with Crippen LogP contribution in [0, 0.1) is 5.41 Å². The quantitative estimate of drug-likeness (QED) is 0.393. The van der Waals surface area contributed by atoms with Crippen LogP contribution in [0.4, 0.5) is 26.3 Å². The molecular formula is C23H16F6N2O6. The molecule has 0 aliphatic heterocycles. The maximum absolute atomic E-state index is 14.2. The average molecular weight is 530 g/mol. The lowest BCUT2D eigenvalue weighted by molar-refractivity contribution is -0.308. The van der Waals surface area contributed by atoms with Gasteiger partial charge in [0.2, 0.25) is 5.41 Å². The fourth-order valence-electron chi connectivity index (χ4n) is 3.42. The largest absolute Gasteiger partial charge is 0.478 e. The fourth-order valence-corrected chi connectivity index (χ4v) is 3.42. The van der Waals surface area contributed by atoms with E-state index in [2.05, 4.69) is 9.98 Å². The van der Waals surface area contributed by atoms with Gasteiger partial charge in [-0.15, -0.1) is 0 Å². The van der Waals surface area contributed by atoms with Crippen molar-refractivity contribution in [3.63, 3.8) is 0 Å². The summed E-state index contributed by atoms with van der Waals surface area (Å²) < 4.78 is 85.4. The molecule has 0 bridgehead atoms. The molecule has 14 heteroatoms. The third-order valence-electron chi connectivity index (χ3n) is 4.93. The summed E-state index contributed by atoms with van der Waals surface area (Å²) in [5, 5.41) is 17.0. The summed E-state index contributed by atoms with van der Waals surface area (Å²) in [5.41, 5.74) is -7.23. The minimum Gasteiger partial charge on any atom is -0.478 e. The van der Waals surface area contributed by atoms with Gasteiger partial charge in [-0.05, 0) is 23.3 Å². The van der Waals surface area contributed by atoms with Gasteiger partial charge in [-0.2, -0.15) is 26.3 Å². The van der Waals surface area contributed by atoms with E-state index in [0.717, 1.165) is 12.2 Å². The SMILES string of the molecule is O=C(O)C=CC(=O)N=C1C=CC(C(C2=CCC(=NC(=O)C=CC(=O)O)C=C2)(C(F)(F)F)C(F)(F)F)=CC1. The van der Waals surface area contributed by atoms with E-state index >= 15 is 0 Å². The Morgan fingerprint density at radius 2 is 1.00 bits per heavy atom. The number of hydrogen-bond donors (Lipinski definition) is 2. The number of allylic oxidation sites excluding steroid dienone is 8. The fraction of sp³-hybridized carbons (Fsp3) is 0.217. The minimum absolute atomic E-state index is 0.197. The van der Waals surface area contributed by atoms with E-state index in [1.54, 1.807) is 0 Å². The predicted octanol–water partition coefficient (Wildman–Crippen LogP) is 4.09. The van der Waals surface area contributed by atoms with Crippen LogP contribution in [0.15, 0.2) is 81.9 Å². The lowest BCUT2D eigenvalue weighted by Crippen LogP contribution is -2.52. The Kier molecular flexibility index (Phi) is 8.69. The van der Waals surface area contributed by atoms with Gasteiger partial charge in [0.1, 0.15) is 0 Å². The zero-order chi connectivity index (χ0) is 28.0. The van der Waals surface area contributed by atoms with Gasteiger partial charge in [-0.25, -0.2) is 19.6 Å². The molecule has 0 saturated carbocycles. The molecule has 0 spiro atoms. The number of carbonyl (C=O) groups is 4. The van der Waals surface area contributed by atoms with Crippen molar-refractivity contribution in [3.05, 3.63) is 71.9 Å². The monoisotopic (exact) mass is 530 g/mol. The molecule has 0 aromatic carbocycles. The van der Waals surface area contributed by atoms with Crippen LogP contribution in [0.3, 0.4) is 0 Å². The number of hydrogen-bond acceptors (Lipinski definition) is 4. The van der Waals surface area contributed by atoms with Crippen LogP contribution in [0.5, 0.6) is 0 Å². The van der Waals surface area contributed by atoms with E-state index in [4.69, 9.17) is 10.2 Å². The number of amides is 2.